The summed E-state index contributed by atoms with van der Waals surface area (Å²) in [6, 6.07) is 21.0. The zero-order valence-corrected chi connectivity index (χ0v) is 17.4. The van der Waals surface area contributed by atoms with Crippen LogP contribution >= 0.6 is 0 Å². The van der Waals surface area contributed by atoms with Gasteiger partial charge >= 0.3 is 0 Å². The van der Waals surface area contributed by atoms with Gasteiger partial charge in [0.1, 0.15) is 5.75 Å². The van der Waals surface area contributed by atoms with Crippen LogP contribution in [0.5, 0.6) is 5.75 Å². The van der Waals surface area contributed by atoms with Crippen LogP contribution in [0.2, 0.25) is 0 Å². The summed E-state index contributed by atoms with van der Waals surface area (Å²) in [7, 11) is 1.57. The highest BCUT2D eigenvalue weighted by Crippen LogP contribution is 2.23. The number of quaternary nitrogens is 1. The summed E-state index contributed by atoms with van der Waals surface area (Å²) in [6.07, 6.45) is 0.874. The molecule has 0 bridgehead atoms. The number of benzene rings is 3. The van der Waals surface area contributed by atoms with Crippen LogP contribution in [0.25, 0.3) is 10.8 Å². The molecule has 0 aliphatic carbocycles. The van der Waals surface area contributed by atoms with Gasteiger partial charge in [0.15, 0.2) is 13.1 Å². The third kappa shape index (κ3) is 5.58. The number of carbonyl (C=O) groups excluding carboxylic acids is 2. The van der Waals surface area contributed by atoms with Crippen molar-refractivity contribution in [3.8, 4) is 5.75 Å². The van der Waals surface area contributed by atoms with E-state index in [2.05, 4.69) is 10.6 Å². The third-order valence-electron chi connectivity index (χ3n) is 4.87. The number of ether oxygens (including phenoxy) is 1. The van der Waals surface area contributed by atoms with Crippen molar-refractivity contribution in [3.05, 3.63) is 66.7 Å². The van der Waals surface area contributed by atoms with Crippen LogP contribution in [0, 0.1) is 0 Å². The van der Waals surface area contributed by atoms with Crippen LogP contribution in [0.15, 0.2) is 66.7 Å². The smallest absolute Gasteiger partial charge is 0.279 e. The van der Waals surface area contributed by atoms with E-state index in [-0.39, 0.29) is 24.9 Å². The molecule has 0 fully saturated rings. The molecule has 6 nitrogen and oxygen atoms in total. The molecule has 0 saturated carbocycles. The van der Waals surface area contributed by atoms with Gasteiger partial charge in [-0.15, -0.1) is 0 Å². The average Bonchev–Trinajstić information content (AvgIpc) is 2.74. The monoisotopic (exact) mass is 406 g/mol. The molecule has 1 unspecified atom stereocenters. The normalized spacial score (nSPS) is 11.7. The number of hydrogen-bond donors (Lipinski definition) is 3. The van der Waals surface area contributed by atoms with Crippen LogP contribution in [0.1, 0.15) is 13.3 Å². The maximum absolute atomic E-state index is 12.7. The summed E-state index contributed by atoms with van der Waals surface area (Å²) in [4.78, 5) is 26.2. The van der Waals surface area contributed by atoms with E-state index in [1.54, 1.807) is 19.2 Å². The van der Waals surface area contributed by atoms with Gasteiger partial charge in [0.2, 0.25) is 0 Å². The minimum absolute atomic E-state index is 0.111. The fourth-order valence-corrected chi connectivity index (χ4v) is 3.52. The molecule has 6 heteroatoms. The number of anilines is 2. The van der Waals surface area contributed by atoms with Crippen molar-refractivity contribution in [2.24, 2.45) is 0 Å². The molecule has 3 aromatic carbocycles. The molecular weight excluding hydrogens is 378 g/mol. The van der Waals surface area contributed by atoms with Crippen molar-refractivity contribution in [3.63, 3.8) is 0 Å². The van der Waals surface area contributed by atoms with Gasteiger partial charge in [0, 0.05) is 11.1 Å². The predicted molar refractivity (Wildman–Crippen MR) is 120 cm³/mol. The number of rotatable bonds is 9. The summed E-state index contributed by atoms with van der Waals surface area (Å²) < 4.78 is 5.28. The lowest BCUT2D eigenvalue weighted by Crippen LogP contribution is -3.14. The zero-order valence-electron chi connectivity index (χ0n) is 17.4. The molecule has 30 heavy (non-hydrogen) atoms. The minimum atomic E-state index is -0.152. The number of amides is 2. The second kappa shape index (κ2) is 10.4. The molecule has 1 atom stereocenters. The molecule has 156 valence electrons. The van der Waals surface area contributed by atoms with E-state index in [0.717, 1.165) is 34.3 Å². The van der Waals surface area contributed by atoms with Gasteiger partial charge < -0.3 is 20.3 Å². The molecule has 0 aromatic heterocycles. The first-order chi connectivity index (χ1) is 14.6. The number of carbonyl (C=O) groups is 2. The fourth-order valence-electron chi connectivity index (χ4n) is 3.52. The van der Waals surface area contributed by atoms with Crippen molar-refractivity contribution in [2.75, 3.05) is 37.4 Å². The third-order valence-corrected chi connectivity index (χ3v) is 4.87. The molecule has 0 heterocycles. The largest absolute Gasteiger partial charge is 0.495 e. The number of methoxy groups -OCH3 is 1. The molecule has 3 N–H and O–H groups in total. The predicted octanol–water partition coefficient (Wildman–Crippen LogP) is 2.72. The second-order valence-corrected chi connectivity index (χ2v) is 7.18. The Labute approximate surface area is 176 Å². The van der Waals surface area contributed by atoms with Crippen molar-refractivity contribution in [2.45, 2.75) is 13.3 Å². The lowest BCUT2D eigenvalue weighted by molar-refractivity contribution is -0.883. The van der Waals surface area contributed by atoms with E-state index in [0.29, 0.717) is 11.4 Å². The average molecular weight is 407 g/mol. The first kappa shape index (κ1) is 21.3. The number of para-hydroxylation sites is 2. The van der Waals surface area contributed by atoms with Crippen molar-refractivity contribution >= 4 is 34.0 Å². The van der Waals surface area contributed by atoms with Crippen LogP contribution in [-0.4, -0.2) is 38.6 Å². The van der Waals surface area contributed by atoms with E-state index >= 15 is 0 Å². The Morgan fingerprint density at radius 3 is 2.17 bits per heavy atom. The zero-order chi connectivity index (χ0) is 21.3. The molecular formula is C24H28N3O3+. The minimum Gasteiger partial charge on any atom is -0.495 e. The highest BCUT2D eigenvalue weighted by Gasteiger charge is 2.19. The van der Waals surface area contributed by atoms with Gasteiger partial charge in [-0.05, 0) is 30.0 Å². The molecule has 0 spiro atoms. The van der Waals surface area contributed by atoms with Gasteiger partial charge in [-0.1, -0.05) is 55.5 Å². The highest BCUT2D eigenvalue weighted by molar-refractivity contribution is 6.02. The molecule has 2 amide bonds. The summed E-state index contributed by atoms with van der Waals surface area (Å²) in [5, 5.41) is 7.96. The van der Waals surface area contributed by atoms with E-state index in [9.17, 15) is 9.59 Å². The Kier molecular flexibility index (Phi) is 7.40. The molecule has 0 saturated heterocycles. The van der Waals surface area contributed by atoms with Gasteiger partial charge in [-0.3, -0.25) is 9.59 Å². The Balaban J connectivity index is 1.63. The van der Waals surface area contributed by atoms with E-state index in [1.807, 2.05) is 61.5 Å². The van der Waals surface area contributed by atoms with Crippen LogP contribution < -0.4 is 20.3 Å². The lowest BCUT2D eigenvalue weighted by atomic mass is 10.1. The topological polar surface area (TPSA) is 71.9 Å². The molecule has 3 aromatic rings. The SMILES string of the molecule is CCC[NH+](CC(=O)Nc1ccccc1OC)CC(=O)Nc1cccc2ccccc12. The first-order valence-corrected chi connectivity index (χ1v) is 10.1. The molecule has 0 aliphatic heterocycles. The second-order valence-electron chi connectivity index (χ2n) is 7.18. The van der Waals surface area contributed by atoms with Crippen LogP contribution in [0.4, 0.5) is 11.4 Å². The van der Waals surface area contributed by atoms with Crippen LogP contribution in [-0.2, 0) is 9.59 Å². The van der Waals surface area contributed by atoms with Gasteiger partial charge in [0.25, 0.3) is 11.8 Å². The van der Waals surface area contributed by atoms with E-state index in [1.165, 1.54) is 0 Å². The lowest BCUT2D eigenvalue weighted by Gasteiger charge is -2.19. The first-order valence-electron chi connectivity index (χ1n) is 10.1. The highest BCUT2D eigenvalue weighted by atomic mass is 16.5. The van der Waals surface area contributed by atoms with Crippen molar-refractivity contribution in [1.29, 1.82) is 0 Å². The standard InChI is InChI=1S/C24H27N3O3/c1-3-15-27(17-24(29)26-21-12-6-7-14-22(21)30-2)16-23(28)25-20-13-8-10-18-9-4-5-11-19(18)20/h4-14H,3,15-17H2,1-2H3,(H,25,28)(H,26,29)/p+1. The molecule has 0 aliphatic rings. The molecule has 3 rings (SSSR count). The van der Waals surface area contributed by atoms with E-state index < -0.39 is 0 Å². The van der Waals surface area contributed by atoms with Gasteiger partial charge in [-0.25, -0.2) is 0 Å². The maximum Gasteiger partial charge on any atom is 0.279 e. The molecule has 0 radical (unpaired) electrons. The Hall–Kier alpha value is -3.38. The summed E-state index contributed by atoms with van der Waals surface area (Å²) in [5.74, 6) is 0.345. The summed E-state index contributed by atoms with van der Waals surface area (Å²) in [5.41, 5.74) is 1.41. The number of hydrogen-bond acceptors (Lipinski definition) is 3. The summed E-state index contributed by atoms with van der Waals surface area (Å²) >= 11 is 0. The van der Waals surface area contributed by atoms with Gasteiger partial charge in [0.05, 0.1) is 19.3 Å². The Morgan fingerprint density at radius 2 is 1.43 bits per heavy atom. The Morgan fingerprint density at radius 1 is 0.833 bits per heavy atom. The number of fused-ring (bicyclic) bond motifs is 1. The quantitative estimate of drug-likeness (QED) is 0.512. The number of nitrogens with one attached hydrogen (secondary N) is 3. The maximum atomic E-state index is 12.7. The van der Waals surface area contributed by atoms with Crippen molar-refractivity contribution < 1.29 is 19.2 Å². The fraction of sp³-hybridized carbons (Fsp3) is 0.250. The Bertz CT molecular complexity index is 1010. The summed E-state index contributed by atoms with van der Waals surface area (Å²) in [6.45, 7) is 3.19. The van der Waals surface area contributed by atoms with E-state index in [4.69, 9.17) is 4.74 Å². The van der Waals surface area contributed by atoms with Crippen LogP contribution in [0.3, 0.4) is 0 Å². The van der Waals surface area contributed by atoms with Gasteiger partial charge in [-0.2, -0.15) is 0 Å². The van der Waals surface area contributed by atoms with Crippen molar-refractivity contribution in [1.82, 2.24) is 0 Å².